The van der Waals surface area contributed by atoms with E-state index in [4.69, 9.17) is 0 Å². The molecule has 0 spiro atoms. The topological polar surface area (TPSA) is 47.5 Å². The zero-order valence-electron chi connectivity index (χ0n) is 19.8. The van der Waals surface area contributed by atoms with Gasteiger partial charge in [0.05, 0.1) is 16.8 Å². The van der Waals surface area contributed by atoms with Gasteiger partial charge < -0.3 is 5.32 Å². The van der Waals surface area contributed by atoms with Crippen LogP contribution >= 0.6 is 8.86 Å². The van der Waals surface area contributed by atoms with Gasteiger partial charge in [-0.2, -0.15) is 13.2 Å². The Morgan fingerprint density at radius 2 is 1.83 bits per heavy atom. The van der Waals surface area contributed by atoms with Crippen LogP contribution in [0.1, 0.15) is 41.8 Å². The maximum atomic E-state index is 13.1. The Bertz CT molecular complexity index is 1030. The van der Waals surface area contributed by atoms with Crippen molar-refractivity contribution in [1.29, 1.82) is 0 Å². The molecule has 2 fully saturated rings. The highest BCUT2D eigenvalue weighted by Gasteiger charge is 2.34. The molecule has 5 rings (SSSR count). The van der Waals surface area contributed by atoms with E-state index in [9.17, 15) is 13.2 Å². The second-order valence-corrected chi connectivity index (χ2v) is 10.2. The average molecular weight is 505 g/mol. The molecule has 2 aromatic heterocycles. The van der Waals surface area contributed by atoms with Crippen LogP contribution in [0.5, 0.6) is 0 Å². The molecule has 0 saturated carbocycles. The summed E-state index contributed by atoms with van der Waals surface area (Å²) in [6, 6.07) is 8.26. The molecule has 0 radical (unpaired) electrons. The Balaban J connectivity index is 1.09. The lowest BCUT2D eigenvalue weighted by Crippen LogP contribution is -2.48. The van der Waals surface area contributed by atoms with Gasteiger partial charge in [0.2, 0.25) is 0 Å². The molecular weight excluding hydrogens is 472 g/mol. The van der Waals surface area contributed by atoms with Gasteiger partial charge in [-0.15, -0.1) is 0 Å². The molecule has 0 amide bonds. The summed E-state index contributed by atoms with van der Waals surface area (Å²) in [7, 11) is 3.81. The van der Waals surface area contributed by atoms with Crippen molar-refractivity contribution in [2.45, 2.75) is 57.0 Å². The van der Waals surface area contributed by atoms with E-state index in [1.807, 2.05) is 18.3 Å². The summed E-state index contributed by atoms with van der Waals surface area (Å²) < 4.78 is 39.4. The lowest BCUT2D eigenvalue weighted by atomic mass is 10.0. The molecule has 0 bridgehead atoms. The first kappa shape index (κ1) is 24.8. The van der Waals surface area contributed by atoms with Gasteiger partial charge in [-0.3, -0.25) is 24.7 Å². The van der Waals surface area contributed by atoms with E-state index in [1.54, 1.807) is 0 Å². The fraction of sp³-hybridized carbons (Fsp3) is 0.560. The third kappa shape index (κ3) is 6.09. The van der Waals surface area contributed by atoms with Crippen LogP contribution in [0.25, 0.3) is 0 Å². The van der Waals surface area contributed by atoms with Crippen molar-refractivity contribution in [3.8, 4) is 0 Å². The lowest BCUT2D eigenvalue weighted by Gasteiger charge is -2.35. The molecule has 0 aromatic carbocycles. The van der Waals surface area contributed by atoms with Crippen LogP contribution < -0.4 is 5.32 Å². The van der Waals surface area contributed by atoms with E-state index >= 15 is 0 Å². The second kappa shape index (κ2) is 10.6. The molecule has 2 saturated heterocycles. The largest absolute Gasteiger partial charge is 0.417 e. The molecular formula is C25H32F3N6P. The number of alkyl halides is 3. The van der Waals surface area contributed by atoms with E-state index in [1.165, 1.54) is 6.07 Å². The van der Waals surface area contributed by atoms with Gasteiger partial charge in [-0.25, -0.2) is 0 Å². The normalized spacial score (nSPS) is 22.9. The number of piperidine rings is 1. The number of nitrogens with zero attached hydrogens (tertiary/aromatic N) is 5. The first-order chi connectivity index (χ1) is 16.8. The summed E-state index contributed by atoms with van der Waals surface area (Å²) in [6.45, 7) is 6.06. The van der Waals surface area contributed by atoms with Crippen LogP contribution in [0, 0.1) is 0 Å². The van der Waals surface area contributed by atoms with Gasteiger partial charge in [-0.05, 0) is 43.0 Å². The molecule has 10 heteroatoms. The molecule has 1 N–H and O–H groups in total. The number of halogens is 3. The van der Waals surface area contributed by atoms with E-state index in [2.05, 4.69) is 44.9 Å². The zero-order valence-corrected chi connectivity index (χ0v) is 20.8. The van der Waals surface area contributed by atoms with Gasteiger partial charge in [0.1, 0.15) is 0 Å². The summed E-state index contributed by atoms with van der Waals surface area (Å²) in [4.78, 5) is 15.4. The van der Waals surface area contributed by atoms with E-state index < -0.39 is 11.7 Å². The minimum absolute atomic E-state index is 0.421. The minimum Gasteiger partial charge on any atom is -0.310 e. The van der Waals surface area contributed by atoms with Crippen LogP contribution in [0.15, 0.2) is 36.7 Å². The first-order valence-corrected chi connectivity index (χ1v) is 12.9. The summed E-state index contributed by atoms with van der Waals surface area (Å²) >= 11 is 0. The monoisotopic (exact) mass is 504 g/mol. The maximum absolute atomic E-state index is 13.1. The van der Waals surface area contributed by atoms with E-state index in [-0.39, 0.29) is 0 Å². The average Bonchev–Trinajstić information content (AvgIpc) is 3.32. The van der Waals surface area contributed by atoms with Crippen molar-refractivity contribution in [3.63, 3.8) is 0 Å². The van der Waals surface area contributed by atoms with Crippen LogP contribution in [0.4, 0.5) is 13.2 Å². The number of pyridine rings is 2. The predicted octanol–water partition coefficient (Wildman–Crippen LogP) is 3.41. The molecule has 3 aliphatic heterocycles. The molecule has 5 heterocycles. The molecule has 2 aromatic rings. The summed E-state index contributed by atoms with van der Waals surface area (Å²) in [5.41, 5.74) is 2.83. The predicted molar refractivity (Wildman–Crippen MR) is 132 cm³/mol. The quantitative estimate of drug-likeness (QED) is 0.609. The molecule has 35 heavy (non-hydrogen) atoms. The SMILES string of the molecule is FC(F)(F)c1cnc2c(c1)CN(C(=P)N1CCC(NC3CCN(Cc4ccccn4)CC3)C1)CC2. The summed E-state index contributed by atoms with van der Waals surface area (Å²) in [6.07, 6.45) is 2.40. The standard InChI is InChI=1S/C25H32F3N6P/c26-25(27,28)19-13-18-15-33(12-7-23(18)30-14-19)24(35)34-11-6-22(17-34)31-20-4-9-32(10-5-20)16-21-3-1-2-8-29-21/h1-3,8,13-14,20,22,31,35H,4-7,9-12,15-17H2. The number of hydrogen-bond acceptors (Lipinski definition) is 4. The number of likely N-dealkylation sites (tertiary alicyclic amines) is 2. The Morgan fingerprint density at radius 1 is 1.03 bits per heavy atom. The minimum atomic E-state index is -4.37. The van der Waals surface area contributed by atoms with Crippen molar-refractivity contribution in [2.24, 2.45) is 0 Å². The van der Waals surface area contributed by atoms with E-state index in [0.29, 0.717) is 30.6 Å². The first-order valence-electron chi connectivity index (χ1n) is 12.4. The molecule has 3 aliphatic rings. The Hall–Kier alpha value is -1.90. The van der Waals surface area contributed by atoms with Crippen LogP contribution in [-0.2, 0) is 25.7 Å². The van der Waals surface area contributed by atoms with Crippen LogP contribution in [0.3, 0.4) is 0 Å². The van der Waals surface area contributed by atoms with Crippen LogP contribution in [-0.4, -0.2) is 75.0 Å². The number of aromatic nitrogens is 2. The molecule has 1 unspecified atom stereocenters. The number of fused-ring (bicyclic) bond motifs is 1. The lowest BCUT2D eigenvalue weighted by molar-refractivity contribution is -0.137. The molecule has 1 atom stereocenters. The summed E-state index contributed by atoms with van der Waals surface area (Å²) in [5.74, 6) is 0. The van der Waals surface area contributed by atoms with Crippen molar-refractivity contribution in [2.75, 3.05) is 32.7 Å². The fourth-order valence-electron chi connectivity index (χ4n) is 5.36. The van der Waals surface area contributed by atoms with E-state index in [0.717, 1.165) is 81.7 Å². The third-order valence-electron chi connectivity index (χ3n) is 7.32. The highest BCUT2D eigenvalue weighted by molar-refractivity contribution is 7.20. The number of nitrogens with one attached hydrogen (secondary N) is 1. The molecule has 6 nitrogen and oxygen atoms in total. The molecule has 188 valence electrons. The highest BCUT2D eigenvalue weighted by Crippen LogP contribution is 2.31. The third-order valence-corrected chi connectivity index (χ3v) is 7.96. The Kier molecular flexibility index (Phi) is 7.51. The summed E-state index contributed by atoms with van der Waals surface area (Å²) in [5, 5.41) is 3.86. The number of hydrogen-bond donors (Lipinski definition) is 1. The van der Waals surface area contributed by atoms with Gasteiger partial charge in [0.25, 0.3) is 0 Å². The maximum Gasteiger partial charge on any atom is 0.417 e. The Morgan fingerprint density at radius 3 is 2.57 bits per heavy atom. The highest BCUT2D eigenvalue weighted by atomic mass is 31.0. The second-order valence-electron chi connectivity index (χ2n) is 9.79. The zero-order chi connectivity index (χ0) is 24.4. The van der Waals surface area contributed by atoms with Gasteiger partial charge in [-0.1, -0.05) is 14.9 Å². The van der Waals surface area contributed by atoms with Crippen molar-refractivity contribution >= 4 is 14.4 Å². The van der Waals surface area contributed by atoms with Gasteiger partial charge in [0, 0.05) is 82.4 Å². The van der Waals surface area contributed by atoms with Crippen molar-refractivity contribution in [1.82, 2.24) is 30.0 Å². The van der Waals surface area contributed by atoms with Crippen molar-refractivity contribution < 1.29 is 13.2 Å². The van der Waals surface area contributed by atoms with Gasteiger partial charge in [0.15, 0.2) is 0 Å². The van der Waals surface area contributed by atoms with Crippen molar-refractivity contribution in [3.05, 3.63) is 59.2 Å². The Labute approximate surface area is 206 Å². The smallest absolute Gasteiger partial charge is 0.310 e. The molecule has 0 aliphatic carbocycles. The van der Waals surface area contributed by atoms with Crippen LogP contribution in [0.2, 0.25) is 0 Å². The number of rotatable bonds is 6. The fourth-order valence-corrected chi connectivity index (χ4v) is 5.76. The van der Waals surface area contributed by atoms with Gasteiger partial charge >= 0.3 is 6.18 Å².